The molecule has 1 atom stereocenters. The maximum atomic E-state index is 11.7. The van der Waals surface area contributed by atoms with Gasteiger partial charge in [-0.3, -0.25) is 9.59 Å². The van der Waals surface area contributed by atoms with Gasteiger partial charge in [0.1, 0.15) is 5.78 Å². The Balaban J connectivity index is 4.16. The van der Waals surface area contributed by atoms with Gasteiger partial charge in [-0.2, -0.15) is 0 Å². The van der Waals surface area contributed by atoms with Gasteiger partial charge in [0.25, 0.3) is 0 Å². The van der Waals surface area contributed by atoms with Crippen LogP contribution < -0.4 is 5.32 Å². The van der Waals surface area contributed by atoms with E-state index in [-0.39, 0.29) is 36.2 Å². The van der Waals surface area contributed by atoms with Crippen LogP contribution in [0.15, 0.2) is 0 Å². The number of carbonyl (C=O) groups excluding carboxylic acids is 2. The molecule has 94 valence electrons. The second-order valence-corrected chi connectivity index (χ2v) is 4.75. The molecule has 0 radical (unpaired) electrons. The van der Waals surface area contributed by atoms with Gasteiger partial charge < -0.3 is 10.1 Å². The van der Waals surface area contributed by atoms with Gasteiger partial charge in [0, 0.05) is 19.1 Å². The molecule has 0 rings (SSSR count). The van der Waals surface area contributed by atoms with Crippen LogP contribution in [0.2, 0.25) is 0 Å². The van der Waals surface area contributed by atoms with Crippen LogP contribution >= 0.6 is 0 Å². The van der Waals surface area contributed by atoms with E-state index in [1.165, 1.54) is 14.0 Å². The van der Waals surface area contributed by atoms with Crippen molar-refractivity contribution in [3.63, 3.8) is 0 Å². The van der Waals surface area contributed by atoms with Crippen LogP contribution in [-0.2, 0) is 14.3 Å². The van der Waals surface area contributed by atoms with E-state index in [9.17, 15) is 9.59 Å². The number of hydrogen-bond acceptors (Lipinski definition) is 3. The van der Waals surface area contributed by atoms with E-state index in [0.29, 0.717) is 0 Å². The maximum absolute atomic E-state index is 11.7. The van der Waals surface area contributed by atoms with Crippen molar-refractivity contribution in [1.82, 2.24) is 5.32 Å². The van der Waals surface area contributed by atoms with E-state index < -0.39 is 0 Å². The standard InChI is InChI=1S/C12H23NO3/c1-6-12(3,4)13-11(15)8-10(16-5)7-9(2)14/h10H,6-8H2,1-5H3,(H,13,15). The molecule has 0 aliphatic heterocycles. The third kappa shape index (κ3) is 6.56. The molecule has 1 amide bonds. The van der Waals surface area contributed by atoms with E-state index in [0.717, 1.165) is 6.42 Å². The fourth-order valence-corrected chi connectivity index (χ4v) is 1.28. The molecule has 0 spiro atoms. The fourth-order valence-electron chi connectivity index (χ4n) is 1.28. The summed E-state index contributed by atoms with van der Waals surface area (Å²) in [5.74, 6) is -0.0330. The topological polar surface area (TPSA) is 55.4 Å². The van der Waals surface area contributed by atoms with Gasteiger partial charge in [-0.15, -0.1) is 0 Å². The molecular formula is C12H23NO3. The molecule has 0 aliphatic carbocycles. The van der Waals surface area contributed by atoms with Gasteiger partial charge in [-0.05, 0) is 27.2 Å². The lowest BCUT2D eigenvalue weighted by Crippen LogP contribution is -2.44. The highest BCUT2D eigenvalue weighted by atomic mass is 16.5. The van der Waals surface area contributed by atoms with Crippen molar-refractivity contribution >= 4 is 11.7 Å². The number of carbonyl (C=O) groups is 2. The number of methoxy groups -OCH3 is 1. The first kappa shape index (κ1) is 15.1. The van der Waals surface area contributed by atoms with E-state index in [4.69, 9.17) is 4.74 Å². The fraction of sp³-hybridized carbons (Fsp3) is 0.833. The lowest BCUT2D eigenvalue weighted by molar-refractivity contribution is -0.126. The Morgan fingerprint density at radius 3 is 2.25 bits per heavy atom. The van der Waals surface area contributed by atoms with Crippen LogP contribution in [0.3, 0.4) is 0 Å². The van der Waals surface area contributed by atoms with Crippen LogP contribution in [-0.4, -0.2) is 30.4 Å². The molecule has 0 bridgehead atoms. The van der Waals surface area contributed by atoms with Crippen molar-refractivity contribution in [2.75, 3.05) is 7.11 Å². The molecule has 1 unspecified atom stereocenters. The highest BCUT2D eigenvalue weighted by Gasteiger charge is 2.21. The summed E-state index contributed by atoms with van der Waals surface area (Å²) in [6.07, 6.45) is 1.07. The molecule has 1 N–H and O–H groups in total. The number of nitrogens with one attached hydrogen (secondary N) is 1. The summed E-state index contributed by atoms with van der Waals surface area (Å²) in [6.45, 7) is 7.46. The molecule has 0 fully saturated rings. The zero-order valence-corrected chi connectivity index (χ0v) is 10.9. The summed E-state index contributed by atoms with van der Waals surface area (Å²) >= 11 is 0. The molecule has 0 heterocycles. The SMILES string of the molecule is CCC(C)(C)NC(=O)CC(CC(C)=O)OC. The highest BCUT2D eigenvalue weighted by Crippen LogP contribution is 2.09. The Hall–Kier alpha value is -0.900. The third-order valence-corrected chi connectivity index (χ3v) is 2.62. The lowest BCUT2D eigenvalue weighted by atomic mass is 10.0. The van der Waals surface area contributed by atoms with E-state index >= 15 is 0 Å². The molecule has 4 nitrogen and oxygen atoms in total. The number of amides is 1. The van der Waals surface area contributed by atoms with Gasteiger partial charge in [-0.25, -0.2) is 0 Å². The average molecular weight is 229 g/mol. The Kier molecular flexibility index (Phi) is 6.26. The van der Waals surface area contributed by atoms with Gasteiger partial charge in [-0.1, -0.05) is 6.92 Å². The van der Waals surface area contributed by atoms with Crippen LogP contribution in [0, 0.1) is 0 Å². The minimum atomic E-state index is -0.315. The largest absolute Gasteiger partial charge is 0.380 e. The van der Waals surface area contributed by atoms with Crippen molar-refractivity contribution in [2.45, 2.75) is 58.6 Å². The van der Waals surface area contributed by atoms with Crippen molar-refractivity contribution in [2.24, 2.45) is 0 Å². The minimum Gasteiger partial charge on any atom is -0.380 e. The smallest absolute Gasteiger partial charge is 0.223 e. The molecule has 0 aromatic carbocycles. The lowest BCUT2D eigenvalue weighted by Gasteiger charge is -2.25. The average Bonchev–Trinajstić information content (AvgIpc) is 2.15. The monoisotopic (exact) mass is 229 g/mol. The summed E-state index contributed by atoms with van der Waals surface area (Å²) in [5, 5.41) is 2.91. The maximum Gasteiger partial charge on any atom is 0.223 e. The predicted octanol–water partition coefficient (Wildman–Crippen LogP) is 1.68. The first-order valence-electron chi connectivity index (χ1n) is 5.64. The van der Waals surface area contributed by atoms with Gasteiger partial charge in [0.05, 0.1) is 12.5 Å². The summed E-state index contributed by atoms with van der Waals surface area (Å²) in [4.78, 5) is 22.6. The van der Waals surface area contributed by atoms with Crippen molar-refractivity contribution in [1.29, 1.82) is 0 Å². The van der Waals surface area contributed by atoms with E-state index in [1.54, 1.807) is 0 Å². The Labute approximate surface area is 97.7 Å². The Morgan fingerprint density at radius 1 is 1.31 bits per heavy atom. The summed E-state index contributed by atoms with van der Waals surface area (Å²) in [6, 6.07) is 0. The first-order valence-corrected chi connectivity index (χ1v) is 5.64. The van der Waals surface area contributed by atoms with Crippen LogP contribution in [0.5, 0.6) is 0 Å². The summed E-state index contributed by atoms with van der Waals surface area (Å²) in [5.41, 5.74) is -0.203. The van der Waals surface area contributed by atoms with Crippen LogP contribution in [0.4, 0.5) is 0 Å². The third-order valence-electron chi connectivity index (χ3n) is 2.62. The molecule has 0 aromatic rings. The Morgan fingerprint density at radius 2 is 1.88 bits per heavy atom. The molecule has 0 aromatic heterocycles. The quantitative estimate of drug-likeness (QED) is 0.722. The number of ether oxygens (including phenoxy) is 1. The number of hydrogen-bond donors (Lipinski definition) is 1. The summed E-state index contributed by atoms with van der Waals surface area (Å²) in [7, 11) is 1.52. The second-order valence-electron chi connectivity index (χ2n) is 4.75. The normalized spacial score (nSPS) is 13.3. The van der Waals surface area contributed by atoms with Gasteiger partial charge >= 0.3 is 0 Å². The van der Waals surface area contributed by atoms with Crippen molar-refractivity contribution in [3.05, 3.63) is 0 Å². The first-order chi connectivity index (χ1) is 7.30. The number of rotatable bonds is 7. The van der Waals surface area contributed by atoms with E-state index in [1.807, 2.05) is 20.8 Å². The van der Waals surface area contributed by atoms with Crippen LogP contribution in [0.25, 0.3) is 0 Å². The Bertz CT molecular complexity index is 249. The highest BCUT2D eigenvalue weighted by molar-refractivity contribution is 5.80. The molecule has 4 heteroatoms. The zero-order chi connectivity index (χ0) is 12.8. The molecular weight excluding hydrogens is 206 g/mol. The van der Waals surface area contributed by atoms with E-state index in [2.05, 4.69) is 5.32 Å². The number of ketones is 1. The summed E-state index contributed by atoms with van der Waals surface area (Å²) < 4.78 is 5.10. The number of Topliss-reactive ketones (excluding diaryl/α,β-unsaturated/α-hetero) is 1. The van der Waals surface area contributed by atoms with Gasteiger partial charge in [0.15, 0.2) is 0 Å². The zero-order valence-electron chi connectivity index (χ0n) is 10.9. The van der Waals surface area contributed by atoms with Gasteiger partial charge in [0.2, 0.25) is 5.91 Å². The predicted molar refractivity (Wildman–Crippen MR) is 63.2 cm³/mol. The minimum absolute atomic E-state index is 0.0365. The molecule has 16 heavy (non-hydrogen) atoms. The molecule has 0 aliphatic rings. The van der Waals surface area contributed by atoms with Crippen LogP contribution in [0.1, 0.15) is 47.0 Å². The molecule has 0 saturated heterocycles. The van der Waals surface area contributed by atoms with Crippen molar-refractivity contribution in [3.8, 4) is 0 Å². The second kappa shape index (κ2) is 6.63. The van der Waals surface area contributed by atoms with Crippen molar-refractivity contribution < 1.29 is 14.3 Å². The molecule has 0 saturated carbocycles.